The minimum Gasteiger partial charge on any atom is -0.0917 e. The molecule has 0 heterocycles. The molecule has 0 aromatic rings. The third kappa shape index (κ3) is 7.85. The summed E-state index contributed by atoms with van der Waals surface area (Å²) < 4.78 is 0. The number of hydrogen-bond acceptors (Lipinski definition) is 0. The monoisotopic (exact) mass is 192 g/mol. The number of allylic oxidation sites excluding steroid dienone is 6. The molecule has 0 radical (unpaired) electrons. The van der Waals surface area contributed by atoms with Gasteiger partial charge in [0.25, 0.3) is 0 Å². The highest BCUT2D eigenvalue weighted by atomic mass is 14.0. The lowest BCUT2D eigenvalue weighted by atomic mass is 10.1. The zero-order valence-corrected chi connectivity index (χ0v) is 10.1. The molecule has 80 valence electrons. The molecule has 0 saturated carbocycles. The molecule has 0 unspecified atom stereocenters. The molecule has 0 atom stereocenters. The average Bonchev–Trinajstić information content (AvgIpc) is 2.18. The predicted molar refractivity (Wildman–Crippen MR) is 66.5 cm³/mol. The average molecular weight is 192 g/mol. The fourth-order valence-corrected chi connectivity index (χ4v) is 1.27. The summed E-state index contributed by atoms with van der Waals surface area (Å²) in [5.74, 6) is 0. The van der Waals surface area contributed by atoms with Crippen molar-refractivity contribution in [3.63, 3.8) is 0 Å². The minimum absolute atomic E-state index is 1.18. The molecule has 0 bridgehead atoms. The first kappa shape index (κ1) is 13.2. The van der Waals surface area contributed by atoms with Crippen LogP contribution in [-0.4, -0.2) is 0 Å². The lowest BCUT2D eigenvalue weighted by Gasteiger charge is -1.99. The Morgan fingerprint density at radius 1 is 0.929 bits per heavy atom. The summed E-state index contributed by atoms with van der Waals surface area (Å²) in [6.45, 7) is 8.61. The SMILES string of the molecule is CC=CCCC(C)=CCCC(C)=CC. The Bertz CT molecular complexity index is 216. The first-order chi connectivity index (χ1) is 6.70. The molecule has 0 saturated heterocycles. The topological polar surface area (TPSA) is 0 Å². The highest BCUT2D eigenvalue weighted by molar-refractivity contribution is 5.03. The molecule has 0 aliphatic heterocycles. The van der Waals surface area contributed by atoms with Crippen molar-refractivity contribution in [2.75, 3.05) is 0 Å². The van der Waals surface area contributed by atoms with Crippen LogP contribution in [-0.2, 0) is 0 Å². The Balaban J connectivity index is 3.66. The standard InChI is InChI=1S/C14H24/c1-5-7-8-10-14(4)12-9-11-13(3)6-2/h5-7,12H,8-11H2,1-4H3. The van der Waals surface area contributed by atoms with E-state index in [-0.39, 0.29) is 0 Å². The zero-order valence-electron chi connectivity index (χ0n) is 10.1. The molecule has 0 aliphatic rings. The second kappa shape index (κ2) is 8.80. The molecule has 0 aromatic heterocycles. The van der Waals surface area contributed by atoms with Crippen LogP contribution in [0.25, 0.3) is 0 Å². The Labute approximate surface area is 89.4 Å². The van der Waals surface area contributed by atoms with E-state index < -0.39 is 0 Å². The fraction of sp³-hybridized carbons (Fsp3) is 0.571. The first-order valence-corrected chi connectivity index (χ1v) is 5.59. The van der Waals surface area contributed by atoms with Crippen LogP contribution < -0.4 is 0 Å². The smallest absolute Gasteiger partial charge is 0.0288 e. The highest BCUT2D eigenvalue weighted by Gasteiger charge is 1.89. The van der Waals surface area contributed by atoms with Gasteiger partial charge in [0.1, 0.15) is 0 Å². The van der Waals surface area contributed by atoms with Crippen molar-refractivity contribution in [1.82, 2.24) is 0 Å². The van der Waals surface area contributed by atoms with Crippen molar-refractivity contribution >= 4 is 0 Å². The molecular weight excluding hydrogens is 168 g/mol. The van der Waals surface area contributed by atoms with Crippen LogP contribution in [0.2, 0.25) is 0 Å². The van der Waals surface area contributed by atoms with Gasteiger partial charge in [0.15, 0.2) is 0 Å². The van der Waals surface area contributed by atoms with Gasteiger partial charge in [0.2, 0.25) is 0 Å². The lowest BCUT2D eigenvalue weighted by molar-refractivity contribution is 0.920. The van der Waals surface area contributed by atoms with Crippen LogP contribution in [0.3, 0.4) is 0 Å². The molecule has 0 nitrogen and oxygen atoms in total. The molecule has 0 fully saturated rings. The zero-order chi connectivity index (χ0) is 10.8. The van der Waals surface area contributed by atoms with E-state index >= 15 is 0 Å². The van der Waals surface area contributed by atoms with Crippen LogP contribution in [0.4, 0.5) is 0 Å². The molecule has 0 heteroatoms. The quantitative estimate of drug-likeness (QED) is 0.517. The summed E-state index contributed by atoms with van der Waals surface area (Å²) in [7, 11) is 0. The number of rotatable bonds is 6. The van der Waals surface area contributed by atoms with Crippen molar-refractivity contribution in [2.45, 2.75) is 53.4 Å². The van der Waals surface area contributed by atoms with Gasteiger partial charge >= 0.3 is 0 Å². The van der Waals surface area contributed by atoms with E-state index in [1.165, 1.54) is 36.8 Å². The van der Waals surface area contributed by atoms with Gasteiger partial charge in [-0.2, -0.15) is 0 Å². The van der Waals surface area contributed by atoms with E-state index in [4.69, 9.17) is 0 Å². The van der Waals surface area contributed by atoms with Crippen LogP contribution in [0.5, 0.6) is 0 Å². The predicted octanol–water partition coefficient (Wildman–Crippen LogP) is 5.04. The Morgan fingerprint density at radius 3 is 2.14 bits per heavy atom. The van der Waals surface area contributed by atoms with Crippen molar-refractivity contribution in [3.8, 4) is 0 Å². The van der Waals surface area contributed by atoms with Crippen molar-refractivity contribution in [1.29, 1.82) is 0 Å². The van der Waals surface area contributed by atoms with Gasteiger partial charge in [0.05, 0.1) is 0 Å². The molecule has 0 aromatic carbocycles. The van der Waals surface area contributed by atoms with E-state index in [9.17, 15) is 0 Å². The maximum absolute atomic E-state index is 2.37. The summed E-state index contributed by atoms with van der Waals surface area (Å²) in [6, 6.07) is 0. The third-order valence-electron chi connectivity index (χ3n) is 2.47. The number of hydrogen-bond donors (Lipinski definition) is 0. The summed E-state index contributed by atoms with van der Waals surface area (Å²) >= 11 is 0. The van der Waals surface area contributed by atoms with E-state index in [1.807, 2.05) is 0 Å². The fourth-order valence-electron chi connectivity index (χ4n) is 1.27. The van der Waals surface area contributed by atoms with E-state index in [0.29, 0.717) is 0 Å². The van der Waals surface area contributed by atoms with Gasteiger partial charge in [-0.15, -0.1) is 0 Å². The van der Waals surface area contributed by atoms with Crippen LogP contribution in [0.1, 0.15) is 53.4 Å². The summed E-state index contributed by atoms with van der Waals surface area (Å²) in [6.07, 6.45) is 13.7. The normalized spacial score (nSPS) is 14.0. The maximum atomic E-state index is 2.37. The molecule has 0 rings (SSSR count). The van der Waals surface area contributed by atoms with Crippen molar-refractivity contribution in [2.24, 2.45) is 0 Å². The van der Waals surface area contributed by atoms with Crippen LogP contribution >= 0.6 is 0 Å². The van der Waals surface area contributed by atoms with Gasteiger partial charge in [-0.3, -0.25) is 0 Å². The molecule has 0 spiro atoms. The summed E-state index contributed by atoms with van der Waals surface area (Å²) in [5.41, 5.74) is 3.01. The molecule has 0 amide bonds. The Morgan fingerprint density at radius 2 is 1.57 bits per heavy atom. The van der Waals surface area contributed by atoms with Gasteiger partial charge in [-0.1, -0.05) is 35.5 Å². The van der Waals surface area contributed by atoms with E-state index in [2.05, 4.69) is 52.0 Å². The van der Waals surface area contributed by atoms with Crippen LogP contribution in [0.15, 0.2) is 35.5 Å². The molecule has 0 N–H and O–H groups in total. The molecule has 14 heavy (non-hydrogen) atoms. The van der Waals surface area contributed by atoms with Gasteiger partial charge < -0.3 is 0 Å². The minimum atomic E-state index is 1.18. The Kier molecular flexibility index (Phi) is 8.31. The second-order valence-corrected chi connectivity index (χ2v) is 3.83. The molecular formula is C14H24. The van der Waals surface area contributed by atoms with Gasteiger partial charge in [0, 0.05) is 0 Å². The second-order valence-electron chi connectivity index (χ2n) is 3.83. The van der Waals surface area contributed by atoms with Crippen molar-refractivity contribution < 1.29 is 0 Å². The maximum Gasteiger partial charge on any atom is -0.0288 e. The highest BCUT2D eigenvalue weighted by Crippen LogP contribution is 2.10. The van der Waals surface area contributed by atoms with E-state index in [0.717, 1.165) is 0 Å². The molecule has 0 aliphatic carbocycles. The lowest BCUT2D eigenvalue weighted by Crippen LogP contribution is -1.79. The van der Waals surface area contributed by atoms with Gasteiger partial charge in [-0.25, -0.2) is 0 Å². The Hall–Kier alpha value is -0.780. The largest absolute Gasteiger partial charge is 0.0917 e. The van der Waals surface area contributed by atoms with Gasteiger partial charge in [-0.05, 0) is 53.4 Å². The van der Waals surface area contributed by atoms with Crippen molar-refractivity contribution in [3.05, 3.63) is 35.5 Å². The van der Waals surface area contributed by atoms with Crippen LogP contribution in [0, 0.1) is 0 Å². The third-order valence-corrected chi connectivity index (χ3v) is 2.47. The summed E-state index contributed by atoms with van der Waals surface area (Å²) in [4.78, 5) is 0. The van der Waals surface area contributed by atoms with E-state index in [1.54, 1.807) is 0 Å². The summed E-state index contributed by atoms with van der Waals surface area (Å²) in [5, 5.41) is 0. The first-order valence-electron chi connectivity index (χ1n) is 5.59.